The van der Waals surface area contributed by atoms with Crippen LogP contribution in [0.25, 0.3) is 0 Å². The Bertz CT molecular complexity index is 1430. The number of amides is 2. The Hall–Kier alpha value is -2.59. The van der Waals surface area contributed by atoms with Gasteiger partial charge in [-0.1, -0.05) is 75.9 Å². The van der Waals surface area contributed by atoms with E-state index in [4.69, 9.17) is 23.2 Å². The fraction of sp³-hybridized carbons (Fsp3) is 0.286. The zero-order chi connectivity index (χ0) is 28.7. The van der Waals surface area contributed by atoms with Gasteiger partial charge in [-0.2, -0.15) is 0 Å². The Morgan fingerprint density at radius 1 is 1.00 bits per heavy atom. The van der Waals surface area contributed by atoms with Crippen LogP contribution in [0.5, 0.6) is 0 Å². The molecule has 3 aromatic carbocycles. The van der Waals surface area contributed by atoms with Gasteiger partial charge in [0.2, 0.25) is 11.8 Å². The highest BCUT2D eigenvalue weighted by Crippen LogP contribution is 2.31. The second-order valence-electron chi connectivity index (χ2n) is 9.04. The highest BCUT2D eigenvalue weighted by atomic mass is 79.9. The van der Waals surface area contributed by atoms with E-state index in [0.717, 1.165) is 26.3 Å². The van der Waals surface area contributed by atoms with Gasteiger partial charge < -0.3 is 10.2 Å². The Labute approximate surface area is 248 Å². The van der Waals surface area contributed by atoms with Gasteiger partial charge in [0.1, 0.15) is 12.6 Å². The molecule has 0 fully saturated rings. The zero-order valence-corrected chi connectivity index (χ0v) is 25.7. The minimum Gasteiger partial charge on any atom is -0.354 e. The average molecular weight is 655 g/mol. The number of nitrogens with zero attached hydrogens (tertiary/aromatic N) is 2. The highest BCUT2D eigenvalue weighted by molar-refractivity contribution is 9.10. The summed E-state index contributed by atoms with van der Waals surface area (Å²) >= 11 is 15.8. The Kier molecular flexibility index (Phi) is 10.8. The summed E-state index contributed by atoms with van der Waals surface area (Å²) in [4.78, 5) is 28.2. The molecule has 0 aliphatic rings. The van der Waals surface area contributed by atoms with Crippen LogP contribution in [0.3, 0.4) is 0 Å². The molecule has 1 N–H and O–H groups in total. The van der Waals surface area contributed by atoms with E-state index in [1.54, 1.807) is 19.1 Å². The first-order valence-corrected chi connectivity index (χ1v) is 15.3. The van der Waals surface area contributed by atoms with E-state index in [9.17, 15) is 18.0 Å². The molecule has 1 atom stereocenters. The standard InChI is InChI=1S/C28H30BrCl2N3O4S/c1-4-14-32-28(36)20(3)33(17-21-6-5-7-22(29)15-21)27(35)18-34(23-10-13-25(30)26(31)16-23)39(37,38)24-11-8-19(2)9-12-24/h5-13,15-16,20H,4,14,17-18H2,1-3H3,(H,32,36)/t20-/m1/s1. The van der Waals surface area contributed by atoms with Crippen molar-refractivity contribution in [1.29, 1.82) is 0 Å². The maximum Gasteiger partial charge on any atom is 0.264 e. The molecule has 0 spiro atoms. The first-order chi connectivity index (χ1) is 18.4. The van der Waals surface area contributed by atoms with Gasteiger partial charge in [-0.25, -0.2) is 8.42 Å². The van der Waals surface area contributed by atoms with E-state index in [1.807, 2.05) is 38.1 Å². The van der Waals surface area contributed by atoms with E-state index in [1.165, 1.54) is 35.2 Å². The van der Waals surface area contributed by atoms with Gasteiger partial charge in [0.15, 0.2) is 0 Å². The number of carbonyl (C=O) groups excluding carboxylic acids is 2. The summed E-state index contributed by atoms with van der Waals surface area (Å²) in [6.07, 6.45) is 0.734. The van der Waals surface area contributed by atoms with Crippen LogP contribution in [0.4, 0.5) is 5.69 Å². The normalized spacial score (nSPS) is 12.1. The molecular weight excluding hydrogens is 625 g/mol. The van der Waals surface area contributed by atoms with Crippen molar-refractivity contribution >= 4 is 66.7 Å². The summed E-state index contributed by atoms with van der Waals surface area (Å²) in [7, 11) is -4.19. The molecule has 0 aromatic heterocycles. The smallest absolute Gasteiger partial charge is 0.264 e. The number of halogens is 3. The molecule has 0 aliphatic heterocycles. The lowest BCUT2D eigenvalue weighted by atomic mass is 10.1. The van der Waals surface area contributed by atoms with Crippen molar-refractivity contribution in [2.75, 3.05) is 17.4 Å². The Morgan fingerprint density at radius 3 is 2.31 bits per heavy atom. The number of carbonyl (C=O) groups is 2. The molecule has 0 bridgehead atoms. The number of nitrogens with one attached hydrogen (secondary N) is 1. The molecule has 2 amide bonds. The summed E-state index contributed by atoms with van der Waals surface area (Å²) in [5.41, 5.74) is 1.83. The second-order valence-corrected chi connectivity index (χ2v) is 12.6. The lowest BCUT2D eigenvalue weighted by molar-refractivity contribution is -0.139. The lowest BCUT2D eigenvalue weighted by Crippen LogP contribution is -2.51. The first kappa shape index (κ1) is 30.9. The van der Waals surface area contributed by atoms with Crippen molar-refractivity contribution in [2.24, 2.45) is 0 Å². The summed E-state index contributed by atoms with van der Waals surface area (Å²) in [6.45, 7) is 5.40. The molecule has 0 aliphatic carbocycles. The molecule has 11 heteroatoms. The maximum atomic E-state index is 13.9. The van der Waals surface area contributed by atoms with Gasteiger partial charge in [-0.15, -0.1) is 0 Å². The van der Waals surface area contributed by atoms with Crippen molar-refractivity contribution < 1.29 is 18.0 Å². The lowest BCUT2D eigenvalue weighted by Gasteiger charge is -2.32. The third kappa shape index (κ3) is 7.97. The third-order valence-corrected chi connectivity index (χ3v) is 9.06. The van der Waals surface area contributed by atoms with E-state index >= 15 is 0 Å². The largest absolute Gasteiger partial charge is 0.354 e. The SMILES string of the molecule is CCCNC(=O)[C@@H](C)N(Cc1cccc(Br)c1)C(=O)CN(c1ccc(Cl)c(Cl)c1)S(=O)(=O)c1ccc(C)cc1. The van der Waals surface area contributed by atoms with E-state index in [-0.39, 0.29) is 33.1 Å². The number of benzene rings is 3. The predicted molar refractivity (Wildman–Crippen MR) is 160 cm³/mol. The molecule has 3 rings (SSSR count). The van der Waals surface area contributed by atoms with E-state index < -0.39 is 28.5 Å². The van der Waals surface area contributed by atoms with Gasteiger partial charge in [-0.05, 0) is 68.3 Å². The fourth-order valence-electron chi connectivity index (χ4n) is 3.82. The Balaban J connectivity index is 2.04. The van der Waals surface area contributed by atoms with Crippen molar-refractivity contribution in [2.45, 2.75) is 44.7 Å². The highest BCUT2D eigenvalue weighted by Gasteiger charge is 2.32. The van der Waals surface area contributed by atoms with Crippen LogP contribution in [-0.4, -0.2) is 44.3 Å². The number of anilines is 1. The summed E-state index contributed by atoms with van der Waals surface area (Å²) in [5.74, 6) is -0.890. The van der Waals surface area contributed by atoms with Crippen molar-refractivity contribution in [3.63, 3.8) is 0 Å². The van der Waals surface area contributed by atoms with E-state index in [0.29, 0.717) is 6.54 Å². The molecule has 0 saturated carbocycles. The molecule has 39 heavy (non-hydrogen) atoms. The molecule has 0 radical (unpaired) electrons. The third-order valence-electron chi connectivity index (χ3n) is 6.04. The van der Waals surface area contributed by atoms with Gasteiger partial charge in [0, 0.05) is 17.6 Å². The zero-order valence-electron chi connectivity index (χ0n) is 21.8. The monoisotopic (exact) mass is 653 g/mol. The van der Waals surface area contributed by atoms with Gasteiger partial charge in [0.05, 0.1) is 20.6 Å². The molecule has 0 saturated heterocycles. The molecule has 3 aromatic rings. The fourth-order valence-corrected chi connectivity index (χ4v) is 5.96. The van der Waals surface area contributed by atoms with E-state index in [2.05, 4.69) is 21.2 Å². The molecule has 7 nitrogen and oxygen atoms in total. The summed E-state index contributed by atoms with van der Waals surface area (Å²) < 4.78 is 29.5. The topological polar surface area (TPSA) is 86.8 Å². The van der Waals surface area contributed by atoms with Crippen LogP contribution in [0.15, 0.2) is 76.1 Å². The summed E-state index contributed by atoms with van der Waals surface area (Å²) in [6, 6.07) is 17.2. The van der Waals surface area contributed by atoms with Crippen LogP contribution in [0, 0.1) is 6.92 Å². The van der Waals surface area contributed by atoms with Crippen molar-refractivity contribution in [3.8, 4) is 0 Å². The Morgan fingerprint density at radius 2 is 1.69 bits per heavy atom. The van der Waals surface area contributed by atoms with Crippen molar-refractivity contribution in [3.05, 3.63) is 92.4 Å². The molecule has 0 heterocycles. The number of rotatable bonds is 11. The van der Waals surface area contributed by atoms with Crippen LogP contribution >= 0.6 is 39.1 Å². The van der Waals surface area contributed by atoms with Gasteiger partial charge in [-0.3, -0.25) is 13.9 Å². The number of aryl methyl sites for hydroxylation is 1. The van der Waals surface area contributed by atoms with Gasteiger partial charge >= 0.3 is 0 Å². The van der Waals surface area contributed by atoms with Crippen LogP contribution in [-0.2, 0) is 26.2 Å². The maximum absolute atomic E-state index is 13.9. The number of sulfonamides is 1. The molecule has 208 valence electrons. The van der Waals surface area contributed by atoms with Crippen molar-refractivity contribution in [1.82, 2.24) is 10.2 Å². The second kappa shape index (κ2) is 13.7. The quantitative estimate of drug-likeness (QED) is 0.267. The predicted octanol–water partition coefficient (Wildman–Crippen LogP) is 6.20. The minimum atomic E-state index is -4.19. The van der Waals surface area contributed by atoms with Crippen LogP contribution in [0.1, 0.15) is 31.4 Å². The average Bonchev–Trinajstić information content (AvgIpc) is 2.90. The summed E-state index contributed by atoms with van der Waals surface area (Å²) in [5, 5.41) is 3.21. The van der Waals surface area contributed by atoms with Crippen LogP contribution in [0.2, 0.25) is 10.0 Å². The number of hydrogen-bond donors (Lipinski definition) is 1. The minimum absolute atomic E-state index is 0.0132. The molecular formula is C28H30BrCl2N3O4S. The van der Waals surface area contributed by atoms with Gasteiger partial charge in [0.25, 0.3) is 10.0 Å². The first-order valence-electron chi connectivity index (χ1n) is 12.3. The number of hydrogen-bond acceptors (Lipinski definition) is 4. The molecule has 0 unspecified atom stereocenters. The van der Waals surface area contributed by atoms with Crippen LogP contribution < -0.4 is 9.62 Å².